The van der Waals surface area contributed by atoms with Crippen molar-refractivity contribution in [2.24, 2.45) is 10.9 Å². The standard InChI is InChI=1S/C17H25BrFN3O/c1-3-20-17(22-9-7-14(11-22)12-23-2)21-8-6-13-4-5-16(19)15(18)10-13/h4-5,10,14H,3,6-9,11-12H2,1-2H3,(H,20,21). The number of hydrogen-bond acceptors (Lipinski definition) is 2. The Bertz CT molecular complexity index is 539. The van der Waals surface area contributed by atoms with Crippen molar-refractivity contribution >= 4 is 21.9 Å². The quantitative estimate of drug-likeness (QED) is 0.603. The van der Waals surface area contributed by atoms with Crippen molar-refractivity contribution in [1.29, 1.82) is 0 Å². The van der Waals surface area contributed by atoms with E-state index in [0.717, 1.165) is 50.6 Å². The minimum atomic E-state index is -0.230. The second-order valence-electron chi connectivity index (χ2n) is 5.79. The molecular formula is C17H25BrFN3O. The second-order valence-corrected chi connectivity index (χ2v) is 6.64. The molecule has 0 radical (unpaired) electrons. The molecule has 128 valence electrons. The largest absolute Gasteiger partial charge is 0.384 e. The molecule has 1 unspecified atom stereocenters. The van der Waals surface area contributed by atoms with E-state index in [0.29, 0.717) is 16.9 Å². The molecular weight excluding hydrogens is 361 g/mol. The van der Waals surface area contributed by atoms with Crippen molar-refractivity contribution in [3.05, 3.63) is 34.1 Å². The third-order valence-corrected chi connectivity index (χ3v) is 4.58. The first-order chi connectivity index (χ1) is 11.1. The zero-order valence-corrected chi connectivity index (χ0v) is 15.4. The van der Waals surface area contributed by atoms with E-state index in [4.69, 9.17) is 9.73 Å². The number of benzene rings is 1. The van der Waals surface area contributed by atoms with Gasteiger partial charge in [0.2, 0.25) is 0 Å². The third kappa shape index (κ3) is 5.46. The van der Waals surface area contributed by atoms with Crippen LogP contribution < -0.4 is 5.32 Å². The SMILES string of the molecule is CCNC(=NCCc1ccc(F)c(Br)c1)N1CCC(COC)C1. The average molecular weight is 386 g/mol. The molecule has 0 saturated carbocycles. The van der Waals surface area contributed by atoms with Crippen LogP contribution in [0.5, 0.6) is 0 Å². The molecule has 1 aromatic rings. The Labute approximate surface area is 146 Å². The zero-order valence-electron chi connectivity index (χ0n) is 13.8. The summed E-state index contributed by atoms with van der Waals surface area (Å²) >= 11 is 3.22. The summed E-state index contributed by atoms with van der Waals surface area (Å²) in [6.07, 6.45) is 1.94. The van der Waals surface area contributed by atoms with E-state index in [1.54, 1.807) is 7.11 Å². The second kappa shape index (κ2) is 9.23. The van der Waals surface area contributed by atoms with Gasteiger partial charge in [0.25, 0.3) is 0 Å². The predicted octanol–water partition coefficient (Wildman–Crippen LogP) is 3.06. The van der Waals surface area contributed by atoms with Crippen molar-refractivity contribution in [1.82, 2.24) is 10.2 Å². The first-order valence-electron chi connectivity index (χ1n) is 8.10. The molecule has 0 aliphatic carbocycles. The van der Waals surface area contributed by atoms with Gasteiger partial charge in [-0.25, -0.2) is 4.39 Å². The molecule has 1 atom stereocenters. The first kappa shape index (κ1) is 18.2. The van der Waals surface area contributed by atoms with Gasteiger partial charge in [-0.1, -0.05) is 6.07 Å². The summed E-state index contributed by atoms with van der Waals surface area (Å²) < 4.78 is 19.0. The Balaban J connectivity index is 1.92. The maximum Gasteiger partial charge on any atom is 0.193 e. The fourth-order valence-electron chi connectivity index (χ4n) is 2.81. The fraction of sp³-hybridized carbons (Fsp3) is 0.588. The highest BCUT2D eigenvalue weighted by Gasteiger charge is 2.24. The van der Waals surface area contributed by atoms with Gasteiger partial charge in [-0.3, -0.25) is 4.99 Å². The molecule has 6 heteroatoms. The number of hydrogen-bond donors (Lipinski definition) is 1. The Morgan fingerprint density at radius 3 is 3.04 bits per heavy atom. The van der Waals surface area contributed by atoms with E-state index >= 15 is 0 Å². The minimum Gasteiger partial charge on any atom is -0.384 e. The van der Waals surface area contributed by atoms with Crippen LogP contribution in [-0.4, -0.2) is 50.8 Å². The molecule has 1 heterocycles. The average Bonchev–Trinajstić information content (AvgIpc) is 2.99. The van der Waals surface area contributed by atoms with Crippen molar-refractivity contribution in [2.45, 2.75) is 19.8 Å². The van der Waals surface area contributed by atoms with Crippen molar-refractivity contribution in [2.75, 3.05) is 39.9 Å². The monoisotopic (exact) mass is 385 g/mol. The number of nitrogens with zero attached hydrogens (tertiary/aromatic N) is 2. The van der Waals surface area contributed by atoms with Crippen molar-refractivity contribution in [3.8, 4) is 0 Å². The maximum absolute atomic E-state index is 13.3. The lowest BCUT2D eigenvalue weighted by molar-refractivity contribution is 0.157. The highest BCUT2D eigenvalue weighted by Crippen LogP contribution is 2.18. The van der Waals surface area contributed by atoms with E-state index in [2.05, 4.69) is 33.1 Å². The van der Waals surface area contributed by atoms with Crippen molar-refractivity contribution < 1.29 is 9.13 Å². The topological polar surface area (TPSA) is 36.9 Å². The summed E-state index contributed by atoms with van der Waals surface area (Å²) in [5, 5.41) is 3.36. The smallest absolute Gasteiger partial charge is 0.193 e. The van der Waals surface area contributed by atoms with Crippen LogP contribution in [0.4, 0.5) is 4.39 Å². The number of guanidine groups is 1. The van der Waals surface area contributed by atoms with Crippen LogP contribution in [0.1, 0.15) is 18.9 Å². The molecule has 0 amide bonds. The summed E-state index contributed by atoms with van der Waals surface area (Å²) in [6.45, 7) is 6.43. The Morgan fingerprint density at radius 2 is 2.35 bits per heavy atom. The fourth-order valence-corrected chi connectivity index (χ4v) is 3.23. The highest BCUT2D eigenvalue weighted by molar-refractivity contribution is 9.10. The van der Waals surface area contributed by atoms with Gasteiger partial charge in [-0.15, -0.1) is 0 Å². The molecule has 0 spiro atoms. The lowest BCUT2D eigenvalue weighted by Gasteiger charge is -2.21. The molecule has 1 fully saturated rings. The van der Waals surface area contributed by atoms with Gasteiger partial charge < -0.3 is 15.0 Å². The van der Waals surface area contributed by atoms with Crippen LogP contribution in [0.25, 0.3) is 0 Å². The third-order valence-electron chi connectivity index (χ3n) is 3.97. The lowest BCUT2D eigenvalue weighted by atomic mass is 10.1. The summed E-state index contributed by atoms with van der Waals surface area (Å²) in [4.78, 5) is 7.02. The van der Waals surface area contributed by atoms with E-state index in [9.17, 15) is 4.39 Å². The van der Waals surface area contributed by atoms with Gasteiger partial charge in [-0.05, 0) is 53.4 Å². The van der Waals surface area contributed by atoms with E-state index in [-0.39, 0.29) is 5.82 Å². The van der Waals surface area contributed by atoms with Crippen LogP contribution in [0, 0.1) is 11.7 Å². The normalized spacial score (nSPS) is 18.5. The number of aliphatic imine (C=N–C) groups is 1. The van der Waals surface area contributed by atoms with Crippen LogP contribution in [0.2, 0.25) is 0 Å². The highest BCUT2D eigenvalue weighted by atomic mass is 79.9. The van der Waals surface area contributed by atoms with Gasteiger partial charge in [0.05, 0.1) is 11.1 Å². The number of likely N-dealkylation sites (tertiary alicyclic amines) is 1. The summed E-state index contributed by atoms with van der Waals surface area (Å²) in [5.41, 5.74) is 1.08. The van der Waals surface area contributed by atoms with Gasteiger partial charge in [-0.2, -0.15) is 0 Å². The number of rotatable bonds is 6. The van der Waals surface area contributed by atoms with Crippen LogP contribution in [-0.2, 0) is 11.2 Å². The van der Waals surface area contributed by atoms with Gasteiger partial charge in [0.1, 0.15) is 5.82 Å². The molecule has 1 saturated heterocycles. The van der Waals surface area contributed by atoms with E-state index < -0.39 is 0 Å². The Hall–Kier alpha value is -1.14. The number of methoxy groups -OCH3 is 1. The maximum atomic E-state index is 13.3. The molecule has 0 bridgehead atoms. The number of nitrogens with one attached hydrogen (secondary N) is 1. The number of halogens is 2. The molecule has 2 rings (SSSR count). The van der Waals surface area contributed by atoms with Gasteiger partial charge >= 0.3 is 0 Å². The summed E-state index contributed by atoms with van der Waals surface area (Å²) in [7, 11) is 1.75. The minimum absolute atomic E-state index is 0.230. The van der Waals surface area contributed by atoms with Crippen LogP contribution in [0.15, 0.2) is 27.7 Å². The van der Waals surface area contributed by atoms with E-state index in [1.807, 2.05) is 12.1 Å². The predicted molar refractivity (Wildman–Crippen MR) is 95.3 cm³/mol. The molecule has 1 N–H and O–H groups in total. The van der Waals surface area contributed by atoms with Crippen molar-refractivity contribution in [3.63, 3.8) is 0 Å². The van der Waals surface area contributed by atoms with E-state index in [1.165, 1.54) is 6.07 Å². The molecule has 0 aromatic heterocycles. The first-order valence-corrected chi connectivity index (χ1v) is 8.89. The molecule has 4 nitrogen and oxygen atoms in total. The molecule has 1 aliphatic rings. The zero-order chi connectivity index (χ0) is 16.7. The van der Waals surface area contributed by atoms with Gasteiger partial charge in [0, 0.05) is 39.2 Å². The van der Waals surface area contributed by atoms with Crippen LogP contribution >= 0.6 is 15.9 Å². The van der Waals surface area contributed by atoms with Gasteiger partial charge in [0.15, 0.2) is 5.96 Å². The molecule has 1 aromatic carbocycles. The number of ether oxygens (including phenoxy) is 1. The Morgan fingerprint density at radius 1 is 1.52 bits per heavy atom. The summed E-state index contributed by atoms with van der Waals surface area (Å²) in [6, 6.07) is 5.12. The Kier molecular flexibility index (Phi) is 7.30. The lowest BCUT2D eigenvalue weighted by Crippen LogP contribution is -2.40. The molecule has 23 heavy (non-hydrogen) atoms. The van der Waals surface area contributed by atoms with Crippen LogP contribution in [0.3, 0.4) is 0 Å². The molecule has 1 aliphatic heterocycles. The summed E-state index contributed by atoms with van der Waals surface area (Å²) in [5.74, 6) is 1.32.